The fraction of sp³-hybridized carbons (Fsp3) is 0.750. The van der Waals surface area contributed by atoms with E-state index in [9.17, 15) is 14.7 Å². The topological polar surface area (TPSA) is 94.1 Å². The van der Waals surface area contributed by atoms with Crippen LogP contribution in [0.1, 0.15) is 108 Å². The Morgan fingerprint density at radius 2 is 1.87 bits per heavy atom. The molecule has 218 valence electrons. The molecule has 2 atom stereocenters. The molecule has 2 aliphatic heterocycles. The van der Waals surface area contributed by atoms with Crippen LogP contribution >= 0.6 is 0 Å². The Bertz CT molecular complexity index is 950. The molecule has 1 aromatic carbocycles. The van der Waals surface area contributed by atoms with Gasteiger partial charge in [0.15, 0.2) is 11.5 Å². The second-order valence-electron chi connectivity index (χ2n) is 12.0. The zero-order valence-corrected chi connectivity index (χ0v) is 24.1. The minimum absolute atomic E-state index is 0.0397. The van der Waals surface area contributed by atoms with E-state index in [4.69, 9.17) is 14.2 Å². The summed E-state index contributed by atoms with van der Waals surface area (Å²) in [6.45, 7) is 5.95. The van der Waals surface area contributed by atoms with Gasteiger partial charge in [0, 0.05) is 24.3 Å². The predicted octanol–water partition coefficient (Wildman–Crippen LogP) is 6.02. The molecule has 2 heterocycles. The molecule has 4 rings (SSSR count). The summed E-state index contributed by atoms with van der Waals surface area (Å²) in [5, 5.41) is 14.0. The number of rotatable bonds is 12. The van der Waals surface area contributed by atoms with Crippen LogP contribution in [0.25, 0.3) is 0 Å². The second-order valence-corrected chi connectivity index (χ2v) is 12.0. The zero-order valence-electron chi connectivity index (χ0n) is 24.1. The van der Waals surface area contributed by atoms with Crippen LogP contribution in [-0.4, -0.2) is 48.9 Å². The number of aromatic hydroxyl groups is 1. The lowest BCUT2D eigenvalue weighted by atomic mass is 9.67. The fourth-order valence-corrected chi connectivity index (χ4v) is 6.91. The lowest BCUT2D eigenvalue weighted by molar-refractivity contribution is -0.169. The molecular weight excluding hydrogens is 494 g/mol. The van der Waals surface area contributed by atoms with Crippen LogP contribution in [0.4, 0.5) is 0 Å². The molecule has 2 N–H and O–H groups in total. The Hall–Kier alpha value is -2.28. The highest BCUT2D eigenvalue weighted by atomic mass is 16.6. The van der Waals surface area contributed by atoms with Gasteiger partial charge in [-0.15, -0.1) is 0 Å². The summed E-state index contributed by atoms with van der Waals surface area (Å²) in [6.07, 6.45) is 13.2. The summed E-state index contributed by atoms with van der Waals surface area (Å²) in [5.74, 6) is 0.402. The zero-order chi connectivity index (χ0) is 27.7. The largest absolute Gasteiger partial charge is 0.504 e. The number of carbonyl (C=O) groups excluding carboxylic acids is 2. The Morgan fingerprint density at radius 1 is 1.10 bits per heavy atom. The summed E-state index contributed by atoms with van der Waals surface area (Å²) in [6, 6.07) is 3.77. The van der Waals surface area contributed by atoms with Crippen molar-refractivity contribution in [3.05, 3.63) is 23.3 Å². The molecular formula is C32H49NO6. The van der Waals surface area contributed by atoms with Crippen LogP contribution in [0.2, 0.25) is 0 Å². The number of unbranched alkanes of at least 4 members (excludes halogenated alkanes) is 2. The van der Waals surface area contributed by atoms with Gasteiger partial charge in [0.05, 0.1) is 12.5 Å². The van der Waals surface area contributed by atoms with Gasteiger partial charge in [-0.3, -0.25) is 9.59 Å². The summed E-state index contributed by atoms with van der Waals surface area (Å²) < 4.78 is 18.3. The van der Waals surface area contributed by atoms with E-state index in [1.54, 1.807) is 6.07 Å². The third-order valence-corrected chi connectivity index (χ3v) is 9.12. The van der Waals surface area contributed by atoms with Crippen LogP contribution in [0.3, 0.4) is 0 Å². The van der Waals surface area contributed by atoms with Crippen LogP contribution in [0, 0.1) is 11.3 Å². The molecule has 1 aliphatic carbocycles. The van der Waals surface area contributed by atoms with Gasteiger partial charge < -0.3 is 24.6 Å². The van der Waals surface area contributed by atoms with Crippen molar-refractivity contribution >= 4 is 11.9 Å². The fourth-order valence-electron chi connectivity index (χ4n) is 6.91. The van der Waals surface area contributed by atoms with Crippen molar-refractivity contribution in [1.29, 1.82) is 0 Å². The maximum atomic E-state index is 13.6. The molecule has 0 radical (unpaired) electrons. The highest BCUT2D eigenvalue weighted by molar-refractivity contribution is 5.72. The van der Waals surface area contributed by atoms with E-state index in [1.165, 1.54) is 13.3 Å². The van der Waals surface area contributed by atoms with Gasteiger partial charge in [-0.1, -0.05) is 45.1 Å². The summed E-state index contributed by atoms with van der Waals surface area (Å²) in [4.78, 5) is 25.7. The first-order chi connectivity index (χ1) is 18.9. The van der Waals surface area contributed by atoms with Gasteiger partial charge in [-0.05, 0) is 82.5 Å². The number of benzene rings is 1. The first-order valence-corrected chi connectivity index (χ1v) is 15.5. The summed E-state index contributed by atoms with van der Waals surface area (Å²) >= 11 is 0. The number of phenols is 1. The maximum Gasteiger partial charge on any atom is 0.309 e. The van der Waals surface area contributed by atoms with Crippen molar-refractivity contribution in [1.82, 2.24) is 5.32 Å². The van der Waals surface area contributed by atoms with Crippen molar-refractivity contribution in [2.45, 2.75) is 122 Å². The Balaban J connectivity index is 1.66. The van der Waals surface area contributed by atoms with Gasteiger partial charge >= 0.3 is 11.9 Å². The lowest BCUT2D eigenvalue weighted by Gasteiger charge is -2.45. The molecule has 1 saturated carbocycles. The molecule has 7 heteroatoms. The monoisotopic (exact) mass is 543 g/mol. The molecule has 1 saturated heterocycles. The van der Waals surface area contributed by atoms with Crippen LogP contribution in [-0.2, 0) is 31.9 Å². The minimum atomic E-state index is -0.353. The average molecular weight is 544 g/mol. The number of ether oxygens (including phenoxy) is 3. The van der Waals surface area contributed by atoms with Gasteiger partial charge in [0.1, 0.15) is 12.2 Å². The number of nitrogens with one attached hydrogen (secondary N) is 1. The van der Waals surface area contributed by atoms with Crippen molar-refractivity contribution in [2.24, 2.45) is 11.3 Å². The number of hydrogen-bond acceptors (Lipinski definition) is 7. The minimum Gasteiger partial charge on any atom is -0.504 e. The van der Waals surface area contributed by atoms with E-state index in [0.717, 1.165) is 108 Å². The molecule has 39 heavy (non-hydrogen) atoms. The Kier molecular flexibility index (Phi) is 11.0. The molecule has 2 fully saturated rings. The van der Waals surface area contributed by atoms with Crippen molar-refractivity contribution in [3.63, 3.8) is 0 Å². The summed E-state index contributed by atoms with van der Waals surface area (Å²) in [5.41, 5.74) is 1.95. The van der Waals surface area contributed by atoms with Crippen molar-refractivity contribution in [2.75, 3.05) is 19.7 Å². The first-order valence-electron chi connectivity index (χ1n) is 15.5. The molecule has 3 aliphatic rings. The predicted molar refractivity (Wildman–Crippen MR) is 151 cm³/mol. The van der Waals surface area contributed by atoms with Gasteiger partial charge in [0.25, 0.3) is 0 Å². The van der Waals surface area contributed by atoms with Gasteiger partial charge in [-0.2, -0.15) is 0 Å². The molecule has 7 nitrogen and oxygen atoms in total. The van der Waals surface area contributed by atoms with E-state index < -0.39 is 0 Å². The van der Waals surface area contributed by atoms with Gasteiger partial charge in [-0.25, -0.2) is 0 Å². The molecule has 0 bridgehead atoms. The van der Waals surface area contributed by atoms with E-state index in [1.807, 2.05) is 6.07 Å². The lowest BCUT2D eigenvalue weighted by Crippen LogP contribution is -2.49. The highest BCUT2D eigenvalue weighted by Crippen LogP contribution is 2.45. The third kappa shape index (κ3) is 7.90. The first kappa shape index (κ1) is 29.7. The molecule has 0 amide bonds. The van der Waals surface area contributed by atoms with Gasteiger partial charge in [0.2, 0.25) is 0 Å². The molecule has 1 aromatic rings. The number of fused-ring (bicyclic) bond motifs is 1. The second kappa shape index (κ2) is 14.4. The van der Waals surface area contributed by atoms with E-state index in [2.05, 4.69) is 12.2 Å². The average Bonchev–Trinajstić information content (AvgIpc) is 2.95. The number of carbonyl (C=O) groups is 2. The van der Waals surface area contributed by atoms with Crippen LogP contribution in [0.5, 0.6) is 11.5 Å². The number of hydrogen-bond donors (Lipinski definition) is 2. The summed E-state index contributed by atoms with van der Waals surface area (Å²) in [7, 11) is 0. The van der Waals surface area contributed by atoms with E-state index in [0.29, 0.717) is 18.8 Å². The SMILES string of the molecule is CCCCC[C@H](C[C@@H](OC(=O)C1CCCCC1)C1(Cc2ccc(O)c3c2CCCO3)CCNCC1)OC(C)=O. The highest BCUT2D eigenvalue weighted by Gasteiger charge is 2.45. The smallest absolute Gasteiger partial charge is 0.309 e. The normalized spacial score (nSPS) is 20.8. The molecule has 0 unspecified atom stereocenters. The van der Waals surface area contributed by atoms with Crippen molar-refractivity contribution < 1.29 is 28.9 Å². The third-order valence-electron chi connectivity index (χ3n) is 9.12. The maximum absolute atomic E-state index is 13.6. The number of piperidine rings is 1. The van der Waals surface area contributed by atoms with Crippen LogP contribution in [0.15, 0.2) is 12.1 Å². The number of phenolic OH excluding ortho intramolecular Hbond substituents is 1. The Morgan fingerprint density at radius 3 is 2.59 bits per heavy atom. The quantitative estimate of drug-likeness (QED) is 0.246. The molecule has 0 aromatic heterocycles. The van der Waals surface area contributed by atoms with Crippen LogP contribution < -0.4 is 10.1 Å². The standard InChI is InChI=1S/C32H49NO6/c1-3-4-6-12-26(38-23(2)34)21-29(39-31(36)24-10-7-5-8-11-24)32(16-18-33-19-17-32)22-25-14-15-28(35)30-27(25)13-9-20-37-30/h14-15,24,26,29,33,35H,3-13,16-22H2,1-2H3/t26-,29-/m1/s1. The Labute approximate surface area is 234 Å². The van der Waals surface area contributed by atoms with E-state index in [-0.39, 0.29) is 41.2 Å². The molecule has 0 spiro atoms. The van der Waals surface area contributed by atoms with E-state index >= 15 is 0 Å². The van der Waals surface area contributed by atoms with Crippen molar-refractivity contribution in [3.8, 4) is 11.5 Å². The number of esters is 2.